The van der Waals surface area contributed by atoms with Crippen LogP contribution in [0.5, 0.6) is 0 Å². The van der Waals surface area contributed by atoms with Crippen LogP contribution in [0.3, 0.4) is 0 Å². The van der Waals surface area contributed by atoms with Crippen LogP contribution < -0.4 is 10.6 Å². The van der Waals surface area contributed by atoms with Crippen LogP contribution in [0, 0.1) is 32.8 Å². The molecule has 0 fully saturated rings. The average molecular weight is 323 g/mol. The highest BCUT2D eigenvalue weighted by molar-refractivity contribution is 5.93. The van der Waals surface area contributed by atoms with Crippen LogP contribution in [0.4, 0.5) is 17.2 Å². The molecule has 0 aliphatic rings. The number of nitro groups is 1. The maximum atomic E-state index is 11.0. The fraction of sp³-hybridized carbons (Fsp3) is 0.133. The second-order valence-electron chi connectivity index (χ2n) is 5.04. The van der Waals surface area contributed by atoms with Crippen LogP contribution in [0.2, 0.25) is 0 Å². The Kier molecular flexibility index (Phi) is 4.47. The van der Waals surface area contributed by atoms with Gasteiger partial charge in [0.05, 0.1) is 16.2 Å². The average Bonchev–Trinajstić information content (AvgIpc) is 2.92. The number of anilines is 2. The summed E-state index contributed by atoms with van der Waals surface area (Å²) < 4.78 is 0. The fourth-order valence-electron chi connectivity index (χ4n) is 2.16. The van der Waals surface area contributed by atoms with Crippen molar-refractivity contribution < 1.29 is 4.92 Å². The molecule has 120 valence electrons. The molecule has 0 unspecified atom stereocenters. The molecule has 0 atom stereocenters. The molecule has 0 aliphatic heterocycles. The summed E-state index contributed by atoms with van der Waals surface area (Å²) in [5.41, 5.74) is 6.95. The number of rotatable bonds is 4. The van der Waals surface area contributed by atoms with Gasteiger partial charge in [-0.15, -0.1) is 0 Å². The van der Waals surface area contributed by atoms with E-state index >= 15 is 0 Å². The standard InChI is InChI=1S/C15H13N7O2/c1-21(2)13-4-3-11(22(23)24)6-9(13)5-10(7-16)14-12(8-17)15(18)20-19-14/h3-6H,1-2H3,(H3,18,19,20)/b10-5+. The Morgan fingerprint density at radius 2 is 2.17 bits per heavy atom. The van der Waals surface area contributed by atoms with E-state index in [0.717, 1.165) is 0 Å². The van der Waals surface area contributed by atoms with Crippen molar-refractivity contribution >= 4 is 28.8 Å². The van der Waals surface area contributed by atoms with Crippen molar-refractivity contribution in [3.05, 3.63) is 45.1 Å². The molecule has 2 rings (SSSR count). The van der Waals surface area contributed by atoms with Crippen molar-refractivity contribution in [1.82, 2.24) is 10.2 Å². The third-order valence-corrected chi connectivity index (χ3v) is 3.30. The van der Waals surface area contributed by atoms with Crippen LogP contribution in [0.15, 0.2) is 18.2 Å². The van der Waals surface area contributed by atoms with Crippen molar-refractivity contribution in [3.8, 4) is 12.1 Å². The van der Waals surface area contributed by atoms with Gasteiger partial charge in [0.15, 0.2) is 5.82 Å². The Morgan fingerprint density at radius 3 is 2.71 bits per heavy atom. The summed E-state index contributed by atoms with van der Waals surface area (Å²) in [4.78, 5) is 12.2. The number of nitrogen functional groups attached to an aromatic ring is 1. The van der Waals surface area contributed by atoms with Gasteiger partial charge >= 0.3 is 0 Å². The van der Waals surface area contributed by atoms with Crippen LogP contribution in [0.25, 0.3) is 11.6 Å². The summed E-state index contributed by atoms with van der Waals surface area (Å²) in [6, 6.07) is 8.18. The lowest BCUT2D eigenvalue weighted by Gasteiger charge is -2.15. The third-order valence-electron chi connectivity index (χ3n) is 3.30. The number of benzene rings is 1. The van der Waals surface area contributed by atoms with E-state index in [0.29, 0.717) is 11.3 Å². The molecule has 1 heterocycles. The predicted octanol–water partition coefficient (Wildman–Crippen LogP) is 1.90. The Morgan fingerprint density at radius 1 is 1.46 bits per heavy atom. The highest BCUT2D eigenvalue weighted by Gasteiger charge is 2.17. The number of H-pyrrole nitrogens is 1. The Balaban J connectivity index is 2.67. The first kappa shape index (κ1) is 16.5. The lowest BCUT2D eigenvalue weighted by atomic mass is 10.0. The second kappa shape index (κ2) is 6.50. The minimum atomic E-state index is -0.516. The number of nitrogens with zero attached hydrogens (tertiary/aromatic N) is 5. The van der Waals surface area contributed by atoms with Crippen molar-refractivity contribution in [1.29, 1.82) is 10.5 Å². The van der Waals surface area contributed by atoms with Gasteiger partial charge in [-0.05, 0) is 12.1 Å². The molecule has 9 nitrogen and oxygen atoms in total. The first-order valence-corrected chi connectivity index (χ1v) is 6.71. The number of nitrogens with one attached hydrogen (secondary N) is 1. The highest BCUT2D eigenvalue weighted by Crippen LogP contribution is 2.29. The molecule has 0 saturated heterocycles. The Hall–Kier alpha value is -3.85. The van der Waals surface area contributed by atoms with Gasteiger partial charge in [0.25, 0.3) is 5.69 Å². The first-order valence-electron chi connectivity index (χ1n) is 6.71. The summed E-state index contributed by atoms with van der Waals surface area (Å²) in [5, 5.41) is 35.8. The molecule has 3 N–H and O–H groups in total. The lowest BCUT2D eigenvalue weighted by molar-refractivity contribution is -0.384. The summed E-state index contributed by atoms with van der Waals surface area (Å²) in [7, 11) is 3.55. The quantitative estimate of drug-likeness (QED) is 0.495. The second-order valence-corrected chi connectivity index (χ2v) is 5.04. The minimum absolute atomic E-state index is 0.0134. The van der Waals surface area contributed by atoms with E-state index in [1.165, 1.54) is 18.2 Å². The molecular formula is C15H13N7O2. The number of aromatic nitrogens is 2. The van der Waals surface area contributed by atoms with Crippen LogP contribution in [-0.2, 0) is 0 Å². The number of nitriles is 2. The summed E-state index contributed by atoms with van der Waals surface area (Å²) >= 11 is 0. The fourth-order valence-corrected chi connectivity index (χ4v) is 2.16. The van der Waals surface area contributed by atoms with E-state index in [9.17, 15) is 15.4 Å². The van der Waals surface area contributed by atoms with Crippen molar-refractivity contribution in [2.45, 2.75) is 0 Å². The number of non-ortho nitro benzene ring substituents is 1. The summed E-state index contributed by atoms with van der Waals surface area (Å²) in [6.07, 6.45) is 1.45. The van der Waals surface area contributed by atoms with Crippen molar-refractivity contribution in [3.63, 3.8) is 0 Å². The number of hydrogen-bond acceptors (Lipinski definition) is 7. The normalized spacial score (nSPS) is 10.8. The zero-order chi connectivity index (χ0) is 17.9. The SMILES string of the molecule is CN(C)c1ccc([N+](=O)[O-])cc1/C=C(\C#N)c1[nH]nc(N)c1C#N. The zero-order valence-corrected chi connectivity index (χ0v) is 12.9. The number of allylic oxidation sites excluding steroid dienone is 1. The third kappa shape index (κ3) is 3.00. The smallest absolute Gasteiger partial charge is 0.270 e. The van der Waals surface area contributed by atoms with E-state index < -0.39 is 4.92 Å². The maximum Gasteiger partial charge on any atom is 0.270 e. The number of aromatic amines is 1. The van der Waals surface area contributed by atoms with Crippen LogP contribution in [-0.4, -0.2) is 29.2 Å². The summed E-state index contributed by atoms with van der Waals surface area (Å²) in [5.74, 6) is -0.0134. The van der Waals surface area contributed by atoms with Crippen LogP contribution >= 0.6 is 0 Å². The van der Waals surface area contributed by atoms with Gasteiger partial charge in [0, 0.05) is 37.5 Å². The number of hydrogen-bond donors (Lipinski definition) is 2. The lowest BCUT2D eigenvalue weighted by Crippen LogP contribution is -2.10. The molecule has 24 heavy (non-hydrogen) atoms. The Labute approximate surface area is 137 Å². The highest BCUT2D eigenvalue weighted by atomic mass is 16.6. The monoisotopic (exact) mass is 323 g/mol. The van der Waals surface area contributed by atoms with Crippen molar-refractivity contribution in [2.24, 2.45) is 0 Å². The van der Waals surface area contributed by atoms with E-state index in [1.807, 2.05) is 12.1 Å². The molecule has 1 aromatic carbocycles. The van der Waals surface area contributed by atoms with E-state index in [2.05, 4.69) is 10.2 Å². The topological polar surface area (TPSA) is 149 Å². The maximum absolute atomic E-state index is 11.0. The van der Waals surface area contributed by atoms with E-state index in [4.69, 9.17) is 11.0 Å². The number of nitro benzene ring substituents is 1. The summed E-state index contributed by atoms with van der Waals surface area (Å²) in [6.45, 7) is 0. The van der Waals surface area contributed by atoms with E-state index in [-0.39, 0.29) is 28.3 Å². The predicted molar refractivity (Wildman–Crippen MR) is 88.6 cm³/mol. The van der Waals surface area contributed by atoms with Crippen molar-refractivity contribution in [2.75, 3.05) is 24.7 Å². The van der Waals surface area contributed by atoms with Gasteiger partial charge in [-0.3, -0.25) is 15.2 Å². The minimum Gasteiger partial charge on any atom is -0.381 e. The molecule has 9 heteroatoms. The molecule has 0 bridgehead atoms. The van der Waals surface area contributed by atoms with Gasteiger partial charge in [0.2, 0.25) is 0 Å². The molecule has 0 aliphatic carbocycles. The van der Waals surface area contributed by atoms with Gasteiger partial charge in [-0.1, -0.05) is 0 Å². The van der Waals surface area contributed by atoms with Gasteiger partial charge in [0.1, 0.15) is 17.7 Å². The van der Waals surface area contributed by atoms with Crippen LogP contribution in [0.1, 0.15) is 16.8 Å². The largest absolute Gasteiger partial charge is 0.381 e. The molecule has 0 saturated carbocycles. The molecule has 0 spiro atoms. The number of nitrogens with two attached hydrogens (primary N) is 1. The van der Waals surface area contributed by atoms with Gasteiger partial charge in [-0.25, -0.2) is 0 Å². The molecule has 2 aromatic rings. The van der Waals surface area contributed by atoms with Gasteiger partial charge in [-0.2, -0.15) is 15.6 Å². The Bertz CT molecular complexity index is 913. The molecular weight excluding hydrogens is 310 g/mol. The molecule has 1 aromatic heterocycles. The zero-order valence-electron chi connectivity index (χ0n) is 12.9. The molecule has 0 amide bonds. The van der Waals surface area contributed by atoms with E-state index in [1.54, 1.807) is 25.1 Å². The molecule has 0 radical (unpaired) electrons. The van der Waals surface area contributed by atoms with Gasteiger partial charge < -0.3 is 10.6 Å². The first-order chi connectivity index (χ1) is 11.4.